The Morgan fingerprint density at radius 3 is 2.41 bits per heavy atom. The van der Waals surface area contributed by atoms with Crippen molar-refractivity contribution in [2.45, 2.75) is 39.0 Å². The number of hydrogen-bond donors (Lipinski definition) is 0. The Kier molecular flexibility index (Phi) is 5.85. The number of nitrogens with zero attached hydrogens (tertiary/aromatic N) is 5. The zero-order valence-corrected chi connectivity index (χ0v) is 17.4. The molecule has 1 saturated heterocycles. The van der Waals surface area contributed by atoms with Crippen LogP contribution in [0.15, 0.2) is 24.3 Å². The Labute approximate surface area is 175 Å². The van der Waals surface area contributed by atoms with Gasteiger partial charge in [0.1, 0.15) is 5.82 Å². The van der Waals surface area contributed by atoms with Gasteiger partial charge in [0.25, 0.3) is 5.91 Å². The number of hydrogen-bond acceptors (Lipinski definition) is 4. The van der Waals surface area contributed by atoms with Gasteiger partial charge in [-0.2, -0.15) is 0 Å². The molecule has 1 aliphatic heterocycles. The summed E-state index contributed by atoms with van der Waals surface area (Å²) in [5.74, 6) is 1.32. The van der Waals surface area contributed by atoms with E-state index >= 15 is 0 Å². The number of halogens is 1. The normalized spacial score (nSPS) is 17.7. The highest BCUT2D eigenvalue weighted by Crippen LogP contribution is 2.28. The van der Waals surface area contributed by atoms with E-state index < -0.39 is 0 Å². The topological polar surface area (TPSA) is 71.3 Å². The summed E-state index contributed by atoms with van der Waals surface area (Å²) in [6.45, 7) is 3.96. The van der Waals surface area contributed by atoms with Gasteiger partial charge in [0, 0.05) is 32.6 Å². The molecule has 1 aromatic heterocycles. The largest absolute Gasteiger partial charge is 0.339 e. The Bertz CT molecular complexity index is 898. The van der Waals surface area contributed by atoms with E-state index in [4.69, 9.17) is 11.6 Å². The highest BCUT2D eigenvalue weighted by Gasteiger charge is 2.29. The standard InChI is InChI=1S/C21H26ClN5O2/c1-15-23-20(24-27(15)18-9-5-4-8-17(18)22)21(29)26-12-10-25(11-13-26)19(28)14-16-6-2-3-7-16/h4-5,8-9,16H,2-3,6-7,10-14H2,1H3. The summed E-state index contributed by atoms with van der Waals surface area (Å²) >= 11 is 6.25. The third-order valence-electron chi connectivity index (χ3n) is 5.90. The van der Waals surface area contributed by atoms with Gasteiger partial charge in [0.05, 0.1) is 10.7 Å². The average molecular weight is 416 g/mol. The van der Waals surface area contributed by atoms with Crippen LogP contribution in [-0.2, 0) is 4.79 Å². The highest BCUT2D eigenvalue weighted by molar-refractivity contribution is 6.32. The van der Waals surface area contributed by atoms with Crippen LogP contribution in [0.2, 0.25) is 5.02 Å². The molecule has 0 spiro atoms. The molecule has 0 unspecified atom stereocenters. The van der Waals surface area contributed by atoms with Crippen molar-refractivity contribution < 1.29 is 9.59 Å². The van der Waals surface area contributed by atoms with Crippen molar-refractivity contribution >= 4 is 23.4 Å². The molecule has 2 amide bonds. The fraction of sp³-hybridized carbons (Fsp3) is 0.524. The molecule has 154 valence electrons. The number of carbonyl (C=O) groups excluding carboxylic acids is 2. The molecule has 0 N–H and O–H groups in total. The molecule has 0 atom stereocenters. The van der Waals surface area contributed by atoms with E-state index in [1.165, 1.54) is 25.7 Å². The maximum Gasteiger partial charge on any atom is 0.293 e. The summed E-state index contributed by atoms with van der Waals surface area (Å²) in [4.78, 5) is 33.4. The van der Waals surface area contributed by atoms with Crippen LogP contribution in [0.1, 0.15) is 48.5 Å². The quantitative estimate of drug-likeness (QED) is 0.769. The number of amides is 2. The van der Waals surface area contributed by atoms with Crippen molar-refractivity contribution in [3.8, 4) is 5.69 Å². The lowest BCUT2D eigenvalue weighted by atomic mass is 10.0. The van der Waals surface area contributed by atoms with Crippen LogP contribution in [0.4, 0.5) is 0 Å². The van der Waals surface area contributed by atoms with Crippen LogP contribution >= 0.6 is 11.6 Å². The fourth-order valence-electron chi connectivity index (χ4n) is 4.22. The molecule has 4 rings (SSSR count). The van der Waals surface area contributed by atoms with Crippen LogP contribution in [0.5, 0.6) is 0 Å². The smallest absolute Gasteiger partial charge is 0.293 e. The second-order valence-corrected chi connectivity index (χ2v) is 8.28. The lowest BCUT2D eigenvalue weighted by molar-refractivity contribution is -0.133. The van der Waals surface area contributed by atoms with Crippen molar-refractivity contribution in [3.63, 3.8) is 0 Å². The van der Waals surface area contributed by atoms with Gasteiger partial charge in [-0.05, 0) is 37.8 Å². The third kappa shape index (κ3) is 4.29. The third-order valence-corrected chi connectivity index (χ3v) is 6.22. The molecule has 2 aromatic rings. The predicted octanol–water partition coefficient (Wildman–Crippen LogP) is 3.09. The van der Waals surface area contributed by atoms with E-state index in [1.54, 1.807) is 22.6 Å². The second kappa shape index (κ2) is 8.53. The van der Waals surface area contributed by atoms with Gasteiger partial charge in [0.15, 0.2) is 0 Å². The van der Waals surface area contributed by atoms with Crippen LogP contribution < -0.4 is 0 Å². The Balaban J connectivity index is 1.38. The molecule has 2 fully saturated rings. The van der Waals surface area contributed by atoms with Crippen LogP contribution in [0.25, 0.3) is 5.69 Å². The first-order valence-electron chi connectivity index (χ1n) is 10.3. The summed E-state index contributed by atoms with van der Waals surface area (Å²) < 4.78 is 1.59. The maximum absolute atomic E-state index is 12.9. The van der Waals surface area contributed by atoms with Crippen molar-refractivity contribution in [3.05, 3.63) is 40.9 Å². The lowest BCUT2D eigenvalue weighted by Gasteiger charge is -2.34. The molecule has 2 aliphatic rings. The molecular formula is C21H26ClN5O2. The van der Waals surface area contributed by atoms with Crippen LogP contribution in [-0.4, -0.2) is 62.6 Å². The van der Waals surface area contributed by atoms with Gasteiger partial charge in [-0.25, -0.2) is 9.67 Å². The first-order valence-corrected chi connectivity index (χ1v) is 10.7. The summed E-state index contributed by atoms with van der Waals surface area (Å²) in [6.07, 6.45) is 5.48. The van der Waals surface area contributed by atoms with Gasteiger partial charge in [-0.15, -0.1) is 5.10 Å². The van der Waals surface area contributed by atoms with E-state index in [0.717, 1.165) is 0 Å². The van der Waals surface area contributed by atoms with Crippen LogP contribution in [0, 0.1) is 12.8 Å². The molecule has 1 saturated carbocycles. The molecular weight excluding hydrogens is 390 g/mol. The SMILES string of the molecule is Cc1nc(C(=O)N2CCN(C(=O)CC3CCCC3)CC2)nn1-c1ccccc1Cl. The monoisotopic (exact) mass is 415 g/mol. The highest BCUT2D eigenvalue weighted by atomic mass is 35.5. The van der Waals surface area contributed by atoms with E-state index in [0.29, 0.717) is 55.1 Å². The zero-order chi connectivity index (χ0) is 20.4. The summed E-state index contributed by atoms with van der Waals surface area (Å²) in [5.41, 5.74) is 0.695. The minimum absolute atomic E-state index is 0.160. The van der Waals surface area contributed by atoms with Gasteiger partial charge >= 0.3 is 0 Å². The lowest BCUT2D eigenvalue weighted by Crippen LogP contribution is -2.51. The predicted molar refractivity (Wildman–Crippen MR) is 110 cm³/mol. The van der Waals surface area contributed by atoms with E-state index in [1.807, 2.05) is 23.1 Å². The second-order valence-electron chi connectivity index (χ2n) is 7.87. The number of rotatable bonds is 4. The van der Waals surface area contributed by atoms with Crippen LogP contribution in [0.3, 0.4) is 0 Å². The Morgan fingerprint density at radius 2 is 1.72 bits per heavy atom. The Hall–Kier alpha value is -2.41. The minimum Gasteiger partial charge on any atom is -0.339 e. The van der Waals surface area contributed by atoms with Gasteiger partial charge < -0.3 is 9.80 Å². The van der Waals surface area contributed by atoms with Gasteiger partial charge in [-0.3, -0.25) is 9.59 Å². The zero-order valence-electron chi connectivity index (χ0n) is 16.7. The summed E-state index contributed by atoms with van der Waals surface area (Å²) in [6, 6.07) is 7.33. The molecule has 1 aromatic carbocycles. The van der Waals surface area contributed by atoms with Crippen molar-refractivity contribution in [2.24, 2.45) is 5.92 Å². The number of aromatic nitrogens is 3. The minimum atomic E-state index is -0.207. The molecule has 0 bridgehead atoms. The fourth-order valence-corrected chi connectivity index (χ4v) is 4.44. The van der Waals surface area contributed by atoms with Gasteiger partial charge in [0.2, 0.25) is 11.7 Å². The summed E-state index contributed by atoms with van der Waals surface area (Å²) in [5, 5.41) is 4.94. The number of carbonyl (C=O) groups is 2. The van der Waals surface area contributed by atoms with Crippen molar-refractivity contribution in [2.75, 3.05) is 26.2 Å². The first-order chi connectivity index (χ1) is 14.0. The maximum atomic E-state index is 12.9. The number of aryl methyl sites for hydroxylation is 1. The number of para-hydroxylation sites is 1. The number of benzene rings is 1. The van der Waals surface area contributed by atoms with E-state index in [9.17, 15) is 9.59 Å². The molecule has 8 heteroatoms. The van der Waals surface area contributed by atoms with E-state index in [2.05, 4.69) is 10.1 Å². The first kappa shape index (κ1) is 19.9. The van der Waals surface area contributed by atoms with Crippen molar-refractivity contribution in [1.82, 2.24) is 24.6 Å². The molecule has 29 heavy (non-hydrogen) atoms. The number of piperazine rings is 1. The van der Waals surface area contributed by atoms with Gasteiger partial charge in [-0.1, -0.05) is 36.6 Å². The molecule has 7 nitrogen and oxygen atoms in total. The van der Waals surface area contributed by atoms with Crippen molar-refractivity contribution in [1.29, 1.82) is 0 Å². The molecule has 1 aliphatic carbocycles. The van der Waals surface area contributed by atoms with E-state index in [-0.39, 0.29) is 17.6 Å². The average Bonchev–Trinajstić information content (AvgIpc) is 3.37. The molecule has 0 radical (unpaired) electrons. The Morgan fingerprint density at radius 1 is 1.07 bits per heavy atom. The summed E-state index contributed by atoms with van der Waals surface area (Å²) in [7, 11) is 0. The molecule has 2 heterocycles.